The second-order valence-electron chi connectivity index (χ2n) is 5.75. The fraction of sp³-hybridized carbons (Fsp3) is 0.500. The predicted octanol–water partition coefficient (Wildman–Crippen LogP) is 2.66. The molecule has 0 saturated carbocycles. The van der Waals surface area contributed by atoms with Crippen molar-refractivity contribution in [3.05, 3.63) is 29.8 Å². The van der Waals surface area contributed by atoms with Gasteiger partial charge in [0.05, 0.1) is 6.54 Å². The normalized spacial score (nSPS) is 13.7. The molecule has 1 amide bonds. The first-order valence-corrected chi connectivity index (χ1v) is 7.77. The van der Waals surface area contributed by atoms with Gasteiger partial charge in [-0.25, -0.2) is 4.79 Å². The number of aliphatic carboxylic acids is 1. The van der Waals surface area contributed by atoms with Crippen LogP contribution in [0.15, 0.2) is 24.3 Å². The molecule has 0 spiro atoms. The van der Waals surface area contributed by atoms with E-state index >= 15 is 0 Å². The van der Waals surface area contributed by atoms with Gasteiger partial charge in [-0.1, -0.05) is 12.1 Å². The van der Waals surface area contributed by atoms with E-state index in [1.807, 2.05) is 0 Å². The molecule has 2 N–H and O–H groups in total. The van der Waals surface area contributed by atoms with Crippen molar-refractivity contribution in [3.8, 4) is 5.75 Å². The number of nitrogens with one attached hydrogen (secondary N) is 1. The van der Waals surface area contributed by atoms with E-state index in [1.54, 1.807) is 0 Å². The van der Waals surface area contributed by atoms with Crippen molar-refractivity contribution < 1.29 is 54.9 Å². The molecule has 0 radical (unpaired) electrons. The summed E-state index contributed by atoms with van der Waals surface area (Å²) in [5, 5.41) is 10.1. The highest BCUT2D eigenvalue weighted by atomic mass is 19.4. The van der Waals surface area contributed by atoms with Crippen LogP contribution in [0.3, 0.4) is 0 Å². The minimum Gasteiger partial charge on any atom is -0.484 e. The van der Waals surface area contributed by atoms with Crippen LogP contribution in [-0.2, 0) is 20.7 Å². The molecule has 13 heteroatoms. The molecule has 29 heavy (non-hydrogen) atoms. The highest BCUT2D eigenvalue weighted by Crippen LogP contribution is 2.46. The number of carboxylic acids is 1. The Kier molecular flexibility index (Phi) is 7.83. The maximum absolute atomic E-state index is 13.1. The quantitative estimate of drug-likeness (QED) is 0.552. The summed E-state index contributed by atoms with van der Waals surface area (Å²) >= 11 is 0. The minimum absolute atomic E-state index is 0.0229. The van der Waals surface area contributed by atoms with E-state index in [0.717, 1.165) is 0 Å². The summed E-state index contributed by atoms with van der Waals surface area (Å²) in [5.41, 5.74) is 0.532. The number of methoxy groups -OCH3 is 1. The lowest BCUT2D eigenvalue weighted by atomic mass is 10.1. The first-order valence-electron chi connectivity index (χ1n) is 7.77. The van der Waals surface area contributed by atoms with Crippen molar-refractivity contribution in [2.45, 2.75) is 30.5 Å². The molecule has 0 aliphatic heterocycles. The Bertz CT molecular complexity index is 707. The molecule has 0 saturated heterocycles. The van der Waals surface area contributed by atoms with Crippen molar-refractivity contribution in [1.82, 2.24) is 5.32 Å². The van der Waals surface area contributed by atoms with Gasteiger partial charge in [0.25, 0.3) is 5.91 Å². The van der Waals surface area contributed by atoms with E-state index in [0.29, 0.717) is 5.56 Å². The first kappa shape index (κ1) is 24.5. The largest absolute Gasteiger partial charge is 0.484 e. The third kappa shape index (κ3) is 6.48. The number of alkyl halides is 7. The molecule has 0 fully saturated rings. The first-order chi connectivity index (χ1) is 13.2. The van der Waals surface area contributed by atoms with Gasteiger partial charge in [0.15, 0.2) is 12.7 Å². The van der Waals surface area contributed by atoms with E-state index in [1.165, 1.54) is 36.7 Å². The predicted molar refractivity (Wildman–Crippen MR) is 83.0 cm³/mol. The van der Waals surface area contributed by atoms with Gasteiger partial charge in [0.1, 0.15) is 5.75 Å². The number of benzene rings is 1. The van der Waals surface area contributed by atoms with Crippen LogP contribution >= 0.6 is 0 Å². The molecular weight excluding hydrogens is 419 g/mol. The van der Waals surface area contributed by atoms with E-state index in [-0.39, 0.29) is 12.2 Å². The zero-order valence-corrected chi connectivity index (χ0v) is 14.7. The minimum atomic E-state index is -6.48. The second kappa shape index (κ2) is 9.29. The van der Waals surface area contributed by atoms with E-state index in [4.69, 9.17) is 14.6 Å². The Morgan fingerprint density at radius 1 is 1.07 bits per heavy atom. The highest BCUT2D eigenvalue weighted by molar-refractivity contribution is 5.77. The maximum atomic E-state index is 13.1. The zero-order valence-electron chi connectivity index (χ0n) is 14.7. The van der Waals surface area contributed by atoms with Crippen molar-refractivity contribution >= 4 is 11.9 Å². The van der Waals surface area contributed by atoms with Crippen LogP contribution in [0, 0.1) is 0 Å². The van der Waals surface area contributed by atoms with Crippen LogP contribution in [0.2, 0.25) is 0 Å². The molecule has 1 aromatic carbocycles. The van der Waals surface area contributed by atoms with E-state index < -0.39 is 49.2 Å². The summed E-state index contributed by atoms with van der Waals surface area (Å²) < 4.78 is 97.2. The third-order valence-electron chi connectivity index (χ3n) is 3.60. The monoisotopic (exact) mass is 435 g/mol. The number of amides is 1. The molecule has 1 rings (SSSR count). The Hall–Kier alpha value is -2.57. The van der Waals surface area contributed by atoms with Crippen molar-refractivity contribution in [2.24, 2.45) is 0 Å². The average molecular weight is 435 g/mol. The summed E-state index contributed by atoms with van der Waals surface area (Å²) in [5.74, 6) is -14.4. The summed E-state index contributed by atoms with van der Waals surface area (Å²) in [6.07, 6.45) is -7.55. The zero-order chi connectivity index (χ0) is 22.5. The topological polar surface area (TPSA) is 84.9 Å². The SMILES string of the molecule is CO[C@@H](Cc1ccc(OCC(=O)NCC(F)(F)C(F)(F)C(F)(F)F)cc1)C(=O)O. The number of carbonyl (C=O) groups is 2. The molecular formula is C16H16F7NO5. The van der Waals surface area contributed by atoms with Gasteiger partial charge >= 0.3 is 24.0 Å². The lowest BCUT2D eigenvalue weighted by Gasteiger charge is -2.28. The summed E-state index contributed by atoms with van der Waals surface area (Å²) in [4.78, 5) is 22.3. The molecule has 6 nitrogen and oxygen atoms in total. The molecule has 164 valence electrons. The van der Waals surface area contributed by atoms with E-state index in [9.17, 15) is 40.3 Å². The summed E-state index contributed by atoms with van der Waals surface area (Å²) in [6.45, 7) is -3.17. The summed E-state index contributed by atoms with van der Waals surface area (Å²) in [7, 11) is 1.21. The van der Waals surface area contributed by atoms with Crippen LogP contribution in [-0.4, -0.2) is 61.4 Å². The van der Waals surface area contributed by atoms with Crippen molar-refractivity contribution in [2.75, 3.05) is 20.3 Å². The molecule has 0 heterocycles. The van der Waals surface area contributed by atoms with Crippen LogP contribution in [0.25, 0.3) is 0 Å². The Labute approximate surface area is 159 Å². The lowest BCUT2D eigenvalue weighted by molar-refractivity contribution is -0.352. The highest BCUT2D eigenvalue weighted by Gasteiger charge is 2.72. The number of carbonyl (C=O) groups excluding carboxylic acids is 1. The standard InChI is InChI=1S/C16H16F7NO5/c1-28-11(13(26)27)6-9-2-4-10(5-3-9)29-7-12(25)24-8-14(17,18)15(19,20)16(21,22)23/h2-5,11H,6-8H2,1H3,(H,24,25)(H,26,27)/t11-/m0/s1. The molecule has 0 aliphatic carbocycles. The smallest absolute Gasteiger partial charge is 0.459 e. The Balaban J connectivity index is 2.56. The summed E-state index contributed by atoms with van der Waals surface area (Å²) in [6, 6.07) is 5.48. The lowest BCUT2D eigenvalue weighted by Crippen LogP contribution is -2.57. The Morgan fingerprint density at radius 2 is 1.62 bits per heavy atom. The average Bonchev–Trinajstić information content (AvgIpc) is 2.62. The van der Waals surface area contributed by atoms with E-state index in [2.05, 4.69) is 0 Å². The van der Waals surface area contributed by atoms with Gasteiger partial charge in [-0.15, -0.1) is 0 Å². The van der Waals surface area contributed by atoms with Gasteiger partial charge in [-0.3, -0.25) is 4.79 Å². The van der Waals surface area contributed by atoms with Gasteiger partial charge in [0, 0.05) is 13.5 Å². The number of carboxylic acid groups (broad SMARTS) is 1. The van der Waals surface area contributed by atoms with Gasteiger partial charge < -0.3 is 19.9 Å². The molecule has 1 atom stereocenters. The van der Waals surface area contributed by atoms with Gasteiger partial charge in [-0.05, 0) is 17.7 Å². The number of halogens is 7. The number of rotatable bonds is 10. The number of hydrogen-bond acceptors (Lipinski definition) is 4. The second-order valence-corrected chi connectivity index (χ2v) is 5.75. The number of hydrogen-bond donors (Lipinski definition) is 2. The van der Waals surface area contributed by atoms with Gasteiger partial charge in [-0.2, -0.15) is 30.7 Å². The van der Waals surface area contributed by atoms with Gasteiger partial charge in [0.2, 0.25) is 0 Å². The van der Waals surface area contributed by atoms with Crippen molar-refractivity contribution in [1.29, 1.82) is 0 Å². The molecule has 0 bridgehead atoms. The van der Waals surface area contributed by atoms with Crippen LogP contribution in [0.4, 0.5) is 30.7 Å². The Morgan fingerprint density at radius 3 is 2.07 bits per heavy atom. The third-order valence-corrected chi connectivity index (χ3v) is 3.60. The fourth-order valence-electron chi connectivity index (χ4n) is 1.94. The molecule has 0 aliphatic rings. The fourth-order valence-corrected chi connectivity index (χ4v) is 1.94. The van der Waals surface area contributed by atoms with Crippen LogP contribution in [0.5, 0.6) is 5.75 Å². The number of ether oxygens (including phenoxy) is 2. The molecule has 0 aromatic heterocycles. The van der Waals surface area contributed by atoms with Crippen LogP contribution in [0.1, 0.15) is 5.56 Å². The molecule has 1 aromatic rings. The molecule has 0 unspecified atom stereocenters. The maximum Gasteiger partial charge on any atom is 0.459 e. The van der Waals surface area contributed by atoms with Crippen LogP contribution < -0.4 is 10.1 Å². The van der Waals surface area contributed by atoms with Crippen molar-refractivity contribution in [3.63, 3.8) is 0 Å².